The number of hydrogen-bond donors (Lipinski definition) is 1. The summed E-state index contributed by atoms with van der Waals surface area (Å²) in [5.41, 5.74) is 1.46. The van der Waals surface area contributed by atoms with Crippen molar-refractivity contribution in [2.24, 2.45) is 5.92 Å². The van der Waals surface area contributed by atoms with Gasteiger partial charge in [-0.3, -0.25) is 4.90 Å². The molecule has 2 nitrogen and oxygen atoms in total. The van der Waals surface area contributed by atoms with E-state index in [1.165, 1.54) is 57.1 Å². The molecule has 0 bridgehead atoms. The lowest BCUT2D eigenvalue weighted by Gasteiger charge is -2.33. The summed E-state index contributed by atoms with van der Waals surface area (Å²) in [5, 5.41) is 3.73. The summed E-state index contributed by atoms with van der Waals surface area (Å²) in [4.78, 5) is 2.60. The van der Waals surface area contributed by atoms with Crippen LogP contribution in [0.2, 0.25) is 0 Å². The molecule has 3 rings (SSSR count). The average molecular weight is 286 g/mol. The van der Waals surface area contributed by atoms with E-state index in [4.69, 9.17) is 0 Å². The van der Waals surface area contributed by atoms with E-state index in [1.54, 1.807) is 0 Å². The highest BCUT2D eigenvalue weighted by atomic mass is 15.2. The summed E-state index contributed by atoms with van der Waals surface area (Å²) in [7, 11) is 2.32. The van der Waals surface area contributed by atoms with Crippen molar-refractivity contribution in [3.05, 3.63) is 35.9 Å². The molecule has 116 valence electrons. The molecule has 1 N–H and O–H groups in total. The fourth-order valence-electron chi connectivity index (χ4n) is 3.67. The van der Waals surface area contributed by atoms with Gasteiger partial charge in [0.25, 0.3) is 0 Å². The molecule has 1 aromatic rings. The Morgan fingerprint density at radius 3 is 2.43 bits per heavy atom. The molecule has 0 spiro atoms. The molecule has 0 aliphatic heterocycles. The predicted octanol–water partition coefficient (Wildman–Crippen LogP) is 3.99. The Morgan fingerprint density at radius 1 is 1.05 bits per heavy atom. The summed E-state index contributed by atoms with van der Waals surface area (Å²) in [5.74, 6) is 0.913. The SMILES string of the molecule is CN(CC1CCCCC1)C(CNC1CC1)c1ccccc1. The Morgan fingerprint density at radius 2 is 1.76 bits per heavy atom. The molecule has 2 fully saturated rings. The monoisotopic (exact) mass is 286 g/mol. The fraction of sp³-hybridized carbons (Fsp3) is 0.684. The summed E-state index contributed by atoms with van der Waals surface area (Å²) >= 11 is 0. The van der Waals surface area contributed by atoms with E-state index in [9.17, 15) is 0 Å². The molecule has 2 aliphatic carbocycles. The van der Waals surface area contributed by atoms with Crippen molar-refractivity contribution in [1.82, 2.24) is 10.2 Å². The van der Waals surface area contributed by atoms with E-state index in [0.29, 0.717) is 6.04 Å². The topological polar surface area (TPSA) is 15.3 Å². The third-order valence-electron chi connectivity index (χ3n) is 5.16. The minimum Gasteiger partial charge on any atom is -0.312 e. The number of hydrogen-bond acceptors (Lipinski definition) is 2. The standard InChI is InChI=1S/C19H30N2/c1-21(15-16-8-4-2-5-9-16)19(14-20-18-12-13-18)17-10-6-3-7-11-17/h3,6-7,10-11,16,18-20H,2,4-5,8-9,12-15H2,1H3. The van der Waals surface area contributed by atoms with Gasteiger partial charge in [-0.2, -0.15) is 0 Å². The number of likely N-dealkylation sites (N-methyl/N-ethyl adjacent to an activating group) is 1. The van der Waals surface area contributed by atoms with Crippen molar-refractivity contribution in [2.45, 2.75) is 57.0 Å². The van der Waals surface area contributed by atoms with Crippen LogP contribution in [0.3, 0.4) is 0 Å². The van der Waals surface area contributed by atoms with E-state index >= 15 is 0 Å². The van der Waals surface area contributed by atoms with Gasteiger partial charge in [-0.1, -0.05) is 49.6 Å². The Kier molecular flexibility index (Phi) is 5.32. The highest BCUT2D eigenvalue weighted by Gasteiger charge is 2.25. The second-order valence-corrected chi connectivity index (χ2v) is 7.05. The van der Waals surface area contributed by atoms with Crippen molar-refractivity contribution in [3.8, 4) is 0 Å². The maximum Gasteiger partial charge on any atom is 0.0469 e. The Hall–Kier alpha value is -0.860. The van der Waals surface area contributed by atoms with Gasteiger partial charge in [-0.05, 0) is 44.2 Å². The lowest BCUT2D eigenvalue weighted by atomic mass is 9.88. The molecule has 1 aromatic carbocycles. The van der Waals surface area contributed by atoms with Gasteiger partial charge in [0.1, 0.15) is 0 Å². The van der Waals surface area contributed by atoms with E-state index in [2.05, 4.69) is 47.6 Å². The number of benzene rings is 1. The minimum atomic E-state index is 0.522. The van der Waals surface area contributed by atoms with Gasteiger partial charge in [-0.25, -0.2) is 0 Å². The fourth-order valence-corrected chi connectivity index (χ4v) is 3.67. The lowest BCUT2D eigenvalue weighted by molar-refractivity contribution is 0.179. The Bertz CT molecular complexity index is 407. The van der Waals surface area contributed by atoms with Crippen molar-refractivity contribution < 1.29 is 0 Å². The first-order chi connectivity index (χ1) is 10.3. The highest BCUT2D eigenvalue weighted by Crippen LogP contribution is 2.28. The molecule has 0 amide bonds. The summed E-state index contributed by atoms with van der Waals surface area (Å²) < 4.78 is 0. The first-order valence-electron chi connectivity index (χ1n) is 8.81. The van der Waals surface area contributed by atoms with E-state index in [0.717, 1.165) is 18.5 Å². The maximum absolute atomic E-state index is 3.73. The molecule has 1 unspecified atom stereocenters. The molecular formula is C19H30N2. The van der Waals surface area contributed by atoms with Gasteiger partial charge in [0.05, 0.1) is 0 Å². The molecule has 0 heterocycles. The van der Waals surface area contributed by atoms with E-state index in [1.807, 2.05) is 0 Å². The minimum absolute atomic E-state index is 0.522. The van der Waals surface area contributed by atoms with Crippen LogP contribution in [0.25, 0.3) is 0 Å². The molecule has 2 aliphatic rings. The summed E-state index contributed by atoms with van der Waals surface area (Å²) in [6.45, 7) is 2.35. The third kappa shape index (κ3) is 4.55. The molecule has 0 saturated heterocycles. The van der Waals surface area contributed by atoms with Gasteiger partial charge < -0.3 is 5.32 Å². The van der Waals surface area contributed by atoms with Crippen molar-refractivity contribution >= 4 is 0 Å². The van der Waals surface area contributed by atoms with Crippen LogP contribution in [0.15, 0.2) is 30.3 Å². The van der Waals surface area contributed by atoms with Crippen molar-refractivity contribution in [3.63, 3.8) is 0 Å². The highest BCUT2D eigenvalue weighted by molar-refractivity contribution is 5.19. The second kappa shape index (κ2) is 7.42. The van der Waals surface area contributed by atoms with Crippen LogP contribution >= 0.6 is 0 Å². The van der Waals surface area contributed by atoms with Crippen molar-refractivity contribution in [1.29, 1.82) is 0 Å². The van der Waals surface area contributed by atoms with Crippen LogP contribution in [-0.4, -0.2) is 31.1 Å². The quantitative estimate of drug-likeness (QED) is 0.815. The predicted molar refractivity (Wildman–Crippen MR) is 89.4 cm³/mol. The van der Waals surface area contributed by atoms with Gasteiger partial charge in [0.15, 0.2) is 0 Å². The maximum atomic E-state index is 3.73. The molecule has 0 radical (unpaired) electrons. The van der Waals surface area contributed by atoms with Crippen molar-refractivity contribution in [2.75, 3.05) is 20.1 Å². The average Bonchev–Trinajstić information content (AvgIpc) is 3.34. The number of nitrogens with zero attached hydrogens (tertiary/aromatic N) is 1. The smallest absolute Gasteiger partial charge is 0.0469 e. The van der Waals surface area contributed by atoms with E-state index < -0.39 is 0 Å². The normalized spacial score (nSPS) is 21.6. The third-order valence-corrected chi connectivity index (χ3v) is 5.16. The lowest BCUT2D eigenvalue weighted by Crippen LogP contribution is -2.37. The summed E-state index contributed by atoms with van der Waals surface area (Å²) in [6.07, 6.45) is 9.93. The zero-order valence-electron chi connectivity index (χ0n) is 13.4. The molecule has 2 saturated carbocycles. The van der Waals surface area contributed by atoms with Crippen LogP contribution in [0.1, 0.15) is 56.6 Å². The van der Waals surface area contributed by atoms with E-state index in [-0.39, 0.29) is 0 Å². The van der Waals surface area contributed by atoms with Crippen LogP contribution in [0.4, 0.5) is 0 Å². The zero-order chi connectivity index (χ0) is 14.5. The van der Waals surface area contributed by atoms with Gasteiger partial charge >= 0.3 is 0 Å². The molecule has 1 atom stereocenters. The largest absolute Gasteiger partial charge is 0.312 e. The zero-order valence-corrected chi connectivity index (χ0v) is 13.4. The van der Waals surface area contributed by atoms with Crippen LogP contribution in [0.5, 0.6) is 0 Å². The Balaban J connectivity index is 1.61. The molecular weight excluding hydrogens is 256 g/mol. The van der Waals surface area contributed by atoms with Gasteiger partial charge in [-0.15, -0.1) is 0 Å². The first-order valence-corrected chi connectivity index (χ1v) is 8.81. The second-order valence-electron chi connectivity index (χ2n) is 7.05. The van der Waals surface area contributed by atoms with Crippen LogP contribution < -0.4 is 5.32 Å². The summed E-state index contributed by atoms with van der Waals surface area (Å²) in [6, 6.07) is 12.4. The van der Waals surface area contributed by atoms with Crippen LogP contribution in [0, 0.1) is 5.92 Å². The van der Waals surface area contributed by atoms with Gasteiger partial charge in [0.2, 0.25) is 0 Å². The molecule has 0 aromatic heterocycles. The van der Waals surface area contributed by atoms with Crippen LogP contribution in [-0.2, 0) is 0 Å². The Labute approximate surface area is 129 Å². The molecule has 2 heteroatoms. The van der Waals surface area contributed by atoms with Gasteiger partial charge in [0, 0.05) is 25.2 Å². The number of nitrogens with one attached hydrogen (secondary N) is 1. The molecule has 21 heavy (non-hydrogen) atoms. The number of rotatable bonds is 7. The first kappa shape index (κ1) is 15.1.